The summed E-state index contributed by atoms with van der Waals surface area (Å²) in [5, 5.41) is 4.22. The molecule has 0 fully saturated rings. The molecule has 3 heterocycles. The van der Waals surface area contributed by atoms with E-state index in [9.17, 15) is 9.18 Å². The molecule has 0 unspecified atom stereocenters. The number of methoxy groups -OCH3 is 1. The summed E-state index contributed by atoms with van der Waals surface area (Å²) < 4.78 is 21.3. The van der Waals surface area contributed by atoms with Crippen LogP contribution in [-0.4, -0.2) is 46.4 Å². The first-order valence-corrected chi connectivity index (χ1v) is 11.3. The molecule has 2 aromatic carbocycles. The van der Waals surface area contributed by atoms with Crippen LogP contribution in [-0.2, 0) is 24.2 Å². The van der Waals surface area contributed by atoms with Crippen molar-refractivity contribution in [2.45, 2.75) is 19.4 Å². The van der Waals surface area contributed by atoms with E-state index in [0.717, 1.165) is 31.5 Å². The van der Waals surface area contributed by atoms with Crippen LogP contribution in [0, 0.1) is 5.82 Å². The van der Waals surface area contributed by atoms with Gasteiger partial charge in [-0.2, -0.15) is 4.98 Å². The van der Waals surface area contributed by atoms with Crippen LogP contribution in [0.25, 0.3) is 16.7 Å². The molecule has 0 aliphatic carbocycles. The largest absolute Gasteiger partial charge is 0.495 e. The molecule has 0 radical (unpaired) electrons. The molecule has 7 nitrogen and oxygen atoms in total. The minimum Gasteiger partial charge on any atom is -0.495 e. The summed E-state index contributed by atoms with van der Waals surface area (Å²) in [6.07, 6.45) is 5.18. The van der Waals surface area contributed by atoms with Crippen LogP contribution >= 0.6 is 11.6 Å². The smallest absolute Gasteiger partial charge is 0.229 e. The lowest BCUT2D eigenvalue weighted by molar-refractivity contribution is -0.107. The van der Waals surface area contributed by atoms with Crippen molar-refractivity contribution in [1.29, 1.82) is 0 Å². The third-order valence-electron chi connectivity index (χ3n) is 6.08. The molecular weight excluding hydrogens is 457 g/mol. The van der Waals surface area contributed by atoms with Gasteiger partial charge >= 0.3 is 0 Å². The predicted octanol–water partition coefficient (Wildman–Crippen LogP) is 4.69. The molecule has 0 spiro atoms. The lowest BCUT2D eigenvalue weighted by Crippen LogP contribution is -2.26. The fourth-order valence-corrected chi connectivity index (χ4v) is 4.58. The van der Waals surface area contributed by atoms with E-state index in [2.05, 4.69) is 39.4 Å². The summed E-state index contributed by atoms with van der Waals surface area (Å²) in [7, 11) is 3.73. The molecule has 0 saturated carbocycles. The van der Waals surface area contributed by atoms with E-state index in [1.807, 2.05) is 0 Å². The molecule has 1 aliphatic rings. The molecule has 174 valence electrons. The van der Waals surface area contributed by atoms with Crippen LogP contribution in [0.1, 0.15) is 16.7 Å². The summed E-state index contributed by atoms with van der Waals surface area (Å²) in [5.41, 5.74) is 4.63. The first-order valence-electron chi connectivity index (χ1n) is 10.9. The number of anilines is 2. The molecule has 0 saturated heterocycles. The molecule has 4 aromatic rings. The first-order chi connectivity index (χ1) is 16.5. The van der Waals surface area contributed by atoms with Gasteiger partial charge in [-0.25, -0.2) is 9.37 Å². The van der Waals surface area contributed by atoms with Gasteiger partial charge in [0, 0.05) is 31.1 Å². The SMILES string of the molecule is COc1cc2c(cc1Nc1ncc(Cl)c(-n3cc(CC=O)c4cc(F)ccc43)n1)CN(C)CC2. The number of carbonyl (C=O) groups excluding carboxylic acids is 1. The van der Waals surface area contributed by atoms with Gasteiger partial charge in [0.25, 0.3) is 0 Å². The molecule has 0 bridgehead atoms. The highest BCUT2D eigenvalue weighted by atomic mass is 35.5. The quantitative estimate of drug-likeness (QED) is 0.404. The third kappa shape index (κ3) is 4.10. The second-order valence-corrected chi connectivity index (χ2v) is 8.76. The van der Waals surface area contributed by atoms with Crippen molar-refractivity contribution in [3.8, 4) is 11.6 Å². The van der Waals surface area contributed by atoms with Gasteiger partial charge < -0.3 is 19.7 Å². The zero-order chi connectivity index (χ0) is 23.8. The van der Waals surface area contributed by atoms with Gasteiger partial charge in [-0.1, -0.05) is 11.6 Å². The maximum atomic E-state index is 13.9. The molecule has 34 heavy (non-hydrogen) atoms. The van der Waals surface area contributed by atoms with E-state index >= 15 is 0 Å². The highest BCUT2D eigenvalue weighted by molar-refractivity contribution is 6.32. The highest BCUT2D eigenvalue weighted by Crippen LogP contribution is 2.34. The van der Waals surface area contributed by atoms with Gasteiger partial charge in [0.1, 0.15) is 22.9 Å². The second kappa shape index (κ2) is 9.04. The Labute approximate surface area is 201 Å². The third-order valence-corrected chi connectivity index (χ3v) is 6.34. The van der Waals surface area contributed by atoms with Gasteiger partial charge in [-0.05, 0) is 60.5 Å². The number of aromatic nitrogens is 3. The Morgan fingerprint density at radius 3 is 2.91 bits per heavy atom. The van der Waals surface area contributed by atoms with E-state index < -0.39 is 0 Å². The number of nitrogens with one attached hydrogen (secondary N) is 1. The molecular formula is C25H23ClFN5O2. The minimum absolute atomic E-state index is 0.154. The van der Waals surface area contributed by atoms with E-state index in [-0.39, 0.29) is 12.2 Å². The second-order valence-electron chi connectivity index (χ2n) is 8.36. The van der Waals surface area contributed by atoms with Gasteiger partial charge in [-0.3, -0.25) is 4.57 Å². The predicted molar refractivity (Wildman–Crippen MR) is 130 cm³/mol. The number of rotatable bonds is 6. The van der Waals surface area contributed by atoms with Gasteiger partial charge in [0.05, 0.1) is 24.5 Å². The van der Waals surface area contributed by atoms with Crippen molar-refractivity contribution < 1.29 is 13.9 Å². The van der Waals surface area contributed by atoms with Crippen LogP contribution in [0.15, 0.2) is 42.7 Å². The van der Waals surface area contributed by atoms with Crippen LogP contribution in [0.2, 0.25) is 5.02 Å². The van der Waals surface area contributed by atoms with Crippen molar-refractivity contribution in [1.82, 2.24) is 19.4 Å². The standard InChI is InChI=1S/C25H23ClFN5O2/c1-31-7-5-15-10-23(34-2)21(9-17(15)13-31)29-25-28-12-20(26)24(30-25)32-14-16(6-8-33)19-11-18(27)3-4-22(19)32/h3-4,8-12,14H,5-7,13H2,1-2H3,(H,28,29,30). The molecule has 1 aliphatic heterocycles. The topological polar surface area (TPSA) is 72.3 Å². The van der Waals surface area contributed by atoms with E-state index in [1.165, 1.54) is 29.5 Å². The fraction of sp³-hybridized carbons (Fsp3) is 0.240. The van der Waals surface area contributed by atoms with Crippen molar-refractivity contribution in [3.05, 3.63) is 70.3 Å². The number of likely N-dealkylation sites (N-methyl/N-ethyl adjacent to an activating group) is 1. The van der Waals surface area contributed by atoms with Crippen molar-refractivity contribution in [3.63, 3.8) is 0 Å². The Morgan fingerprint density at radius 2 is 2.12 bits per heavy atom. The minimum atomic E-state index is -0.376. The Balaban J connectivity index is 1.56. The van der Waals surface area contributed by atoms with Crippen LogP contribution in [0.5, 0.6) is 5.75 Å². The van der Waals surface area contributed by atoms with Crippen molar-refractivity contribution in [2.75, 3.05) is 26.0 Å². The number of halogens is 2. The summed E-state index contributed by atoms with van der Waals surface area (Å²) in [5.74, 6) is 1.09. The van der Waals surface area contributed by atoms with Crippen LogP contribution in [0.3, 0.4) is 0 Å². The first kappa shape index (κ1) is 22.3. The Bertz CT molecular complexity index is 1400. The Hall–Kier alpha value is -3.49. The number of benzene rings is 2. The van der Waals surface area contributed by atoms with Crippen molar-refractivity contribution >= 4 is 40.4 Å². The zero-order valence-electron chi connectivity index (χ0n) is 18.8. The lowest BCUT2D eigenvalue weighted by atomic mass is 9.99. The monoisotopic (exact) mass is 479 g/mol. The normalized spacial score (nSPS) is 13.6. The number of ether oxygens (including phenoxy) is 1. The number of aldehydes is 1. The summed E-state index contributed by atoms with van der Waals surface area (Å²) in [4.78, 5) is 22.4. The average molecular weight is 480 g/mol. The fourth-order valence-electron chi connectivity index (χ4n) is 4.40. The van der Waals surface area contributed by atoms with Gasteiger partial charge in [0.15, 0.2) is 5.82 Å². The molecule has 1 N–H and O–H groups in total. The van der Waals surface area contributed by atoms with Crippen LogP contribution < -0.4 is 10.1 Å². The maximum Gasteiger partial charge on any atom is 0.229 e. The van der Waals surface area contributed by atoms with E-state index in [1.54, 1.807) is 23.9 Å². The summed E-state index contributed by atoms with van der Waals surface area (Å²) >= 11 is 6.47. The zero-order valence-corrected chi connectivity index (χ0v) is 19.6. The van der Waals surface area contributed by atoms with Gasteiger partial charge in [-0.15, -0.1) is 0 Å². The van der Waals surface area contributed by atoms with Crippen molar-refractivity contribution in [2.24, 2.45) is 0 Å². The lowest BCUT2D eigenvalue weighted by Gasteiger charge is -2.26. The Morgan fingerprint density at radius 1 is 1.26 bits per heavy atom. The number of fused-ring (bicyclic) bond motifs is 2. The number of carbonyl (C=O) groups is 1. The molecule has 9 heteroatoms. The summed E-state index contributed by atoms with van der Waals surface area (Å²) in [6, 6.07) is 8.55. The molecule has 2 aromatic heterocycles. The summed E-state index contributed by atoms with van der Waals surface area (Å²) in [6.45, 7) is 1.86. The number of nitrogens with zero attached hydrogens (tertiary/aromatic N) is 4. The van der Waals surface area contributed by atoms with E-state index in [0.29, 0.717) is 39.0 Å². The molecule has 0 atom stereocenters. The number of hydrogen-bond donors (Lipinski definition) is 1. The van der Waals surface area contributed by atoms with Crippen LogP contribution in [0.4, 0.5) is 16.0 Å². The van der Waals surface area contributed by atoms with E-state index in [4.69, 9.17) is 16.3 Å². The number of hydrogen-bond acceptors (Lipinski definition) is 6. The highest BCUT2D eigenvalue weighted by Gasteiger charge is 2.19. The molecule has 0 amide bonds. The maximum absolute atomic E-state index is 13.9. The van der Waals surface area contributed by atoms with Gasteiger partial charge in [0.2, 0.25) is 5.95 Å². The Kier molecular flexibility index (Phi) is 5.93. The molecule has 5 rings (SSSR count). The average Bonchev–Trinajstić information content (AvgIpc) is 3.17.